The fourth-order valence-electron chi connectivity index (χ4n) is 2.18. The van der Waals surface area contributed by atoms with Crippen molar-refractivity contribution in [2.45, 2.75) is 71.9 Å². The number of rotatable bonds is 6. The van der Waals surface area contributed by atoms with E-state index in [0.717, 1.165) is 6.42 Å². The Morgan fingerprint density at radius 1 is 1.35 bits per heavy atom. The third-order valence-corrected chi connectivity index (χ3v) is 4.07. The van der Waals surface area contributed by atoms with E-state index in [2.05, 4.69) is 52.2 Å². The molecule has 0 fully saturated rings. The molecule has 17 heavy (non-hydrogen) atoms. The molecule has 0 radical (unpaired) electrons. The Balaban J connectivity index is 2.95. The van der Waals surface area contributed by atoms with E-state index in [1.54, 1.807) is 11.3 Å². The summed E-state index contributed by atoms with van der Waals surface area (Å²) in [6, 6.07) is 0.484. The minimum atomic E-state index is 0.0285. The van der Waals surface area contributed by atoms with Crippen molar-refractivity contribution in [1.82, 2.24) is 10.3 Å². The molecule has 1 heterocycles. The molecular weight excluding hydrogens is 228 g/mol. The molecule has 3 heteroatoms. The largest absolute Gasteiger partial charge is 0.303 e. The number of hydrogen-bond donors (Lipinski definition) is 1. The van der Waals surface area contributed by atoms with Crippen LogP contribution in [0.3, 0.4) is 0 Å². The zero-order valence-corrected chi connectivity index (χ0v) is 12.8. The van der Waals surface area contributed by atoms with Gasteiger partial charge in [0.2, 0.25) is 0 Å². The number of hydrogen-bond acceptors (Lipinski definition) is 3. The summed E-state index contributed by atoms with van der Waals surface area (Å²) in [6.07, 6.45) is 2.31. The molecule has 1 aromatic rings. The van der Waals surface area contributed by atoms with Gasteiger partial charge in [-0.1, -0.05) is 27.2 Å². The minimum Gasteiger partial charge on any atom is -0.303 e. The van der Waals surface area contributed by atoms with Gasteiger partial charge in [0.15, 0.2) is 0 Å². The summed E-state index contributed by atoms with van der Waals surface area (Å²) in [5.41, 5.74) is 1.25. The first-order chi connectivity index (χ1) is 7.89. The highest BCUT2D eigenvalue weighted by Crippen LogP contribution is 2.31. The van der Waals surface area contributed by atoms with Crippen LogP contribution in [0.5, 0.6) is 0 Å². The average molecular weight is 254 g/mol. The number of nitrogens with one attached hydrogen (secondary N) is 1. The van der Waals surface area contributed by atoms with Crippen molar-refractivity contribution in [1.29, 1.82) is 0 Å². The standard InChI is InChI=1S/C14H26N2S/c1-7-8-14(6,16-11(4)5)13-15-12(9-17-13)10(2)3/h9-11,16H,7-8H2,1-6H3. The lowest BCUT2D eigenvalue weighted by Crippen LogP contribution is -2.43. The van der Waals surface area contributed by atoms with Gasteiger partial charge in [0.25, 0.3) is 0 Å². The van der Waals surface area contributed by atoms with Crippen molar-refractivity contribution in [3.63, 3.8) is 0 Å². The normalized spacial score (nSPS) is 15.5. The monoisotopic (exact) mass is 254 g/mol. The Bertz CT molecular complexity index is 344. The van der Waals surface area contributed by atoms with E-state index in [4.69, 9.17) is 4.98 Å². The molecule has 0 amide bonds. The SMILES string of the molecule is CCCC(C)(NC(C)C)c1nc(C(C)C)cs1. The topological polar surface area (TPSA) is 24.9 Å². The lowest BCUT2D eigenvalue weighted by Gasteiger charge is -2.31. The predicted molar refractivity (Wildman–Crippen MR) is 76.7 cm³/mol. The van der Waals surface area contributed by atoms with Crippen molar-refractivity contribution in [2.75, 3.05) is 0 Å². The first-order valence-corrected chi connectivity index (χ1v) is 7.50. The van der Waals surface area contributed by atoms with E-state index < -0.39 is 0 Å². The van der Waals surface area contributed by atoms with Gasteiger partial charge >= 0.3 is 0 Å². The maximum absolute atomic E-state index is 4.81. The van der Waals surface area contributed by atoms with Crippen LogP contribution in [-0.4, -0.2) is 11.0 Å². The van der Waals surface area contributed by atoms with Gasteiger partial charge in [0, 0.05) is 11.4 Å². The average Bonchev–Trinajstić information content (AvgIpc) is 2.65. The lowest BCUT2D eigenvalue weighted by atomic mass is 9.96. The minimum absolute atomic E-state index is 0.0285. The van der Waals surface area contributed by atoms with Gasteiger partial charge < -0.3 is 5.32 Å². The molecule has 0 spiro atoms. The van der Waals surface area contributed by atoms with Gasteiger partial charge in [-0.05, 0) is 33.1 Å². The second-order valence-electron chi connectivity index (χ2n) is 5.61. The summed E-state index contributed by atoms with van der Waals surface area (Å²) in [5.74, 6) is 0.518. The highest BCUT2D eigenvalue weighted by molar-refractivity contribution is 7.09. The summed E-state index contributed by atoms with van der Waals surface area (Å²) in [4.78, 5) is 4.81. The molecule has 0 aliphatic carbocycles. The van der Waals surface area contributed by atoms with E-state index in [0.29, 0.717) is 12.0 Å². The summed E-state index contributed by atoms with van der Waals surface area (Å²) >= 11 is 1.79. The van der Waals surface area contributed by atoms with Crippen molar-refractivity contribution in [3.8, 4) is 0 Å². The van der Waals surface area contributed by atoms with Crippen molar-refractivity contribution in [3.05, 3.63) is 16.1 Å². The van der Waals surface area contributed by atoms with Gasteiger partial charge in [0.05, 0.1) is 11.2 Å². The molecule has 2 nitrogen and oxygen atoms in total. The molecule has 1 rings (SSSR count). The summed E-state index contributed by atoms with van der Waals surface area (Å²) in [5, 5.41) is 7.11. The summed E-state index contributed by atoms with van der Waals surface area (Å²) in [6.45, 7) is 13.3. The lowest BCUT2D eigenvalue weighted by molar-refractivity contribution is 0.307. The van der Waals surface area contributed by atoms with E-state index in [1.165, 1.54) is 17.1 Å². The van der Waals surface area contributed by atoms with Crippen LogP contribution in [0.2, 0.25) is 0 Å². The van der Waals surface area contributed by atoms with Gasteiger partial charge in [-0.25, -0.2) is 4.98 Å². The summed E-state index contributed by atoms with van der Waals surface area (Å²) < 4.78 is 0. The van der Waals surface area contributed by atoms with Crippen molar-refractivity contribution >= 4 is 11.3 Å². The molecule has 0 aliphatic rings. The smallest absolute Gasteiger partial charge is 0.113 e. The molecule has 98 valence electrons. The zero-order chi connectivity index (χ0) is 13.1. The van der Waals surface area contributed by atoms with Crippen molar-refractivity contribution < 1.29 is 0 Å². The second kappa shape index (κ2) is 5.96. The first-order valence-electron chi connectivity index (χ1n) is 6.62. The molecule has 1 atom stereocenters. The predicted octanol–water partition coefficient (Wildman–Crippen LogP) is 4.28. The Labute approximate surface area is 110 Å². The molecular formula is C14H26N2S. The van der Waals surface area contributed by atoms with E-state index in [-0.39, 0.29) is 5.54 Å². The quantitative estimate of drug-likeness (QED) is 0.819. The Morgan fingerprint density at radius 3 is 2.41 bits per heavy atom. The zero-order valence-electron chi connectivity index (χ0n) is 12.0. The molecule has 0 aromatic carbocycles. The number of aromatic nitrogens is 1. The van der Waals surface area contributed by atoms with Crippen LogP contribution in [0.25, 0.3) is 0 Å². The molecule has 1 N–H and O–H groups in total. The molecule has 0 bridgehead atoms. The van der Waals surface area contributed by atoms with Gasteiger partial charge in [0.1, 0.15) is 5.01 Å². The Morgan fingerprint density at radius 2 is 2.00 bits per heavy atom. The van der Waals surface area contributed by atoms with Gasteiger partial charge in [-0.3, -0.25) is 0 Å². The Kier molecular flexibility index (Phi) is 5.14. The van der Waals surface area contributed by atoms with E-state index >= 15 is 0 Å². The van der Waals surface area contributed by atoms with Crippen molar-refractivity contribution in [2.24, 2.45) is 0 Å². The van der Waals surface area contributed by atoms with E-state index in [9.17, 15) is 0 Å². The van der Waals surface area contributed by atoms with E-state index in [1.807, 2.05) is 0 Å². The maximum atomic E-state index is 4.81. The molecule has 1 aromatic heterocycles. The van der Waals surface area contributed by atoms with Crippen LogP contribution in [0.15, 0.2) is 5.38 Å². The first kappa shape index (κ1) is 14.7. The van der Waals surface area contributed by atoms with Crippen LogP contribution in [0.4, 0.5) is 0 Å². The second-order valence-corrected chi connectivity index (χ2v) is 6.47. The van der Waals surface area contributed by atoms with Gasteiger partial charge in [-0.2, -0.15) is 0 Å². The fraction of sp³-hybridized carbons (Fsp3) is 0.786. The molecule has 0 saturated carbocycles. The third kappa shape index (κ3) is 3.78. The van der Waals surface area contributed by atoms with Crippen LogP contribution in [0, 0.1) is 0 Å². The van der Waals surface area contributed by atoms with Crippen LogP contribution in [0.1, 0.15) is 71.0 Å². The number of nitrogens with zero attached hydrogens (tertiary/aromatic N) is 1. The van der Waals surface area contributed by atoms with Gasteiger partial charge in [-0.15, -0.1) is 11.3 Å². The fourth-order valence-corrected chi connectivity index (χ4v) is 3.32. The highest BCUT2D eigenvalue weighted by Gasteiger charge is 2.29. The Hall–Kier alpha value is -0.410. The van der Waals surface area contributed by atoms with Crippen LogP contribution < -0.4 is 5.32 Å². The highest BCUT2D eigenvalue weighted by atomic mass is 32.1. The summed E-state index contributed by atoms with van der Waals surface area (Å²) in [7, 11) is 0. The number of thiazole rings is 1. The van der Waals surface area contributed by atoms with Crippen LogP contribution in [-0.2, 0) is 5.54 Å². The van der Waals surface area contributed by atoms with Crippen LogP contribution >= 0.6 is 11.3 Å². The maximum Gasteiger partial charge on any atom is 0.113 e. The molecule has 0 aliphatic heterocycles. The third-order valence-electron chi connectivity index (χ3n) is 2.94. The molecule has 0 saturated heterocycles. The molecule has 1 unspecified atom stereocenters.